The largest absolute Gasteiger partial charge is 0.345 e. The molecule has 0 spiro atoms. The summed E-state index contributed by atoms with van der Waals surface area (Å²) in [4.78, 5) is 16.1. The summed E-state index contributed by atoms with van der Waals surface area (Å²) in [6.45, 7) is 0. The lowest BCUT2D eigenvalue weighted by Gasteiger charge is -2.04. The van der Waals surface area contributed by atoms with Crippen LogP contribution in [0.4, 0.5) is 4.39 Å². The molecule has 1 amide bonds. The fourth-order valence-electron chi connectivity index (χ4n) is 0.823. The van der Waals surface area contributed by atoms with Gasteiger partial charge < -0.3 is 4.90 Å². The summed E-state index contributed by atoms with van der Waals surface area (Å²) in [5.41, 5.74) is 0.431. The number of rotatable bonds is 2. The maximum atomic E-state index is 12.6. The highest BCUT2D eigenvalue weighted by molar-refractivity contribution is 5.91. The SMILES string of the molecule is CN(C)C(=O)C=Cc1cccc(F)n1. The van der Waals surface area contributed by atoms with Gasteiger partial charge in [-0.05, 0) is 18.2 Å². The minimum Gasteiger partial charge on any atom is -0.345 e. The Bertz CT molecular complexity index is 361. The Kier molecular flexibility index (Phi) is 3.34. The van der Waals surface area contributed by atoms with Crippen LogP contribution < -0.4 is 0 Å². The zero-order chi connectivity index (χ0) is 10.6. The van der Waals surface area contributed by atoms with E-state index in [1.165, 1.54) is 23.1 Å². The van der Waals surface area contributed by atoms with Crippen LogP contribution in [0.5, 0.6) is 0 Å². The number of carbonyl (C=O) groups is 1. The molecule has 74 valence electrons. The molecule has 0 atom stereocenters. The molecule has 3 nitrogen and oxygen atoms in total. The first-order valence-corrected chi connectivity index (χ1v) is 4.11. The topological polar surface area (TPSA) is 33.2 Å². The lowest BCUT2D eigenvalue weighted by molar-refractivity contribution is -0.123. The molecule has 0 aromatic carbocycles. The highest BCUT2D eigenvalue weighted by Gasteiger charge is 1.97. The summed E-state index contributed by atoms with van der Waals surface area (Å²) in [7, 11) is 3.29. The van der Waals surface area contributed by atoms with Gasteiger partial charge in [0.15, 0.2) is 0 Å². The van der Waals surface area contributed by atoms with E-state index in [2.05, 4.69) is 4.98 Å². The van der Waals surface area contributed by atoms with E-state index in [-0.39, 0.29) is 5.91 Å². The molecule has 1 aromatic heterocycles. The molecule has 0 aliphatic rings. The molecule has 0 bridgehead atoms. The Hall–Kier alpha value is -1.71. The molecule has 0 aliphatic carbocycles. The molecular weight excluding hydrogens is 183 g/mol. The summed E-state index contributed by atoms with van der Waals surface area (Å²) < 4.78 is 12.6. The van der Waals surface area contributed by atoms with E-state index >= 15 is 0 Å². The molecule has 0 saturated carbocycles. The Morgan fingerprint density at radius 3 is 2.79 bits per heavy atom. The highest BCUT2D eigenvalue weighted by atomic mass is 19.1. The minimum absolute atomic E-state index is 0.156. The maximum Gasteiger partial charge on any atom is 0.246 e. The van der Waals surface area contributed by atoms with E-state index in [0.29, 0.717) is 5.69 Å². The van der Waals surface area contributed by atoms with Crippen molar-refractivity contribution in [3.8, 4) is 0 Å². The highest BCUT2D eigenvalue weighted by Crippen LogP contribution is 2.00. The normalized spacial score (nSPS) is 10.5. The van der Waals surface area contributed by atoms with Crippen LogP contribution in [0.1, 0.15) is 5.69 Å². The van der Waals surface area contributed by atoms with Gasteiger partial charge >= 0.3 is 0 Å². The van der Waals surface area contributed by atoms with E-state index in [1.807, 2.05) is 0 Å². The quantitative estimate of drug-likeness (QED) is 0.525. The van der Waals surface area contributed by atoms with Crippen molar-refractivity contribution in [2.75, 3.05) is 14.1 Å². The molecule has 0 unspecified atom stereocenters. The van der Waals surface area contributed by atoms with Crippen LogP contribution in [0.15, 0.2) is 24.3 Å². The predicted octanol–water partition coefficient (Wildman–Crippen LogP) is 1.32. The monoisotopic (exact) mass is 194 g/mol. The molecule has 0 N–H and O–H groups in total. The van der Waals surface area contributed by atoms with Gasteiger partial charge in [0.2, 0.25) is 11.9 Å². The van der Waals surface area contributed by atoms with E-state index in [4.69, 9.17) is 0 Å². The molecule has 14 heavy (non-hydrogen) atoms. The van der Waals surface area contributed by atoms with Gasteiger partial charge in [0.05, 0.1) is 5.69 Å². The van der Waals surface area contributed by atoms with Gasteiger partial charge in [0, 0.05) is 20.2 Å². The van der Waals surface area contributed by atoms with E-state index in [0.717, 1.165) is 0 Å². The van der Waals surface area contributed by atoms with Crippen molar-refractivity contribution in [1.82, 2.24) is 9.88 Å². The molecule has 0 saturated heterocycles. The van der Waals surface area contributed by atoms with Crippen LogP contribution in [0.25, 0.3) is 6.08 Å². The average molecular weight is 194 g/mol. The number of halogens is 1. The van der Waals surface area contributed by atoms with Gasteiger partial charge in [-0.1, -0.05) is 6.07 Å². The van der Waals surface area contributed by atoms with Crippen molar-refractivity contribution in [1.29, 1.82) is 0 Å². The van der Waals surface area contributed by atoms with E-state index < -0.39 is 5.95 Å². The molecule has 0 radical (unpaired) electrons. The molecular formula is C10H11FN2O. The lowest BCUT2D eigenvalue weighted by Crippen LogP contribution is -2.18. The predicted molar refractivity (Wildman–Crippen MR) is 51.9 cm³/mol. The van der Waals surface area contributed by atoms with Gasteiger partial charge in [-0.2, -0.15) is 4.39 Å². The number of hydrogen-bond acceptors (Lipinski definition) is 2. The summed E-state index contributed by atoms with van der Waals surface area (Å²) in [5.74, 6) is -0.708. The summed E-state index contributed by atoms with van der Waals surface area (Å²) >= 11 is 0. The van der Waals surface area contributed by atoms with Crippen molar-refractivity contribution in [3.63, 3.8) is 0 Å². The van der Waals surface area contributed by atoms with Gasteiger partial charge in [0.25, 0.3) is 0 Å². The van der Waals surface area contributed by atoms with Crippen LogP contribution >= 0.6 is 0 Å². The Morgan fingerprint density at radius 1 is 1.50 bits per heavy atom. The molecule has 0 aliphatic heterocycles. The second kappa shape index (κ2) is 4.50. The summed E-state index contributed by atoms with van der Waals surface area (Å²) in [5, 5.41) is 0. The Morgan fingerprint density at radius 2 is 2.21 bits per heavy atom. The molecule has 0 fully saturated rings. The first-order valence-electron chi connectivity index (χ1n) is 4.11. The summed E-state index contributed by atoms with van der Waals surface area (Å²) in [6, 6.07) is 4.43. The molecule has 4 heteroatoms. The van der Waals surface area contributed by atoms with Crippen LogP contribution in [-0.2, 0) is 4.79 Å². The van der Waals surface area contributed by atoms with Gasteiger partial charge in [-0.3, -0.25) is 4.79 Å². The number of carbonyl (C=O) groups excluding carboxylic acids is 1. The molecule has 1 rings (SSSR count). The number of pyridine rings is 1. The fraction of sp³-hybridized carbons (Fsp3) is 0.200. The third-order valence-corrected chi connectivity index (χ3v) is 1.57. The van der Waals surface area contributed by atoms with Gasteiger partial charge in [0.1, 0.15) is 0 Å². The zero-order valence-corrected chi connectivity index (χ0v) is 8.07. The van der Waals surface area contributed by atoms with E-state index in [9.17, 15) is 9.18 Å². The smallest absolute Gasteiger partial charge is 0.246 e. The van der Waals surface area contributed by atoms with Crippen LogP contribution in [0.3, 0.4) is 0 Å². The van der Waals surface area contributed by atoms with Crippen molar-refractivity contribution < 1.29 is 9.18 Å². The van der Waals surface area contributed by atoms with Crippen LogP contribution in [0, 0.1) is 5.95 Å². The molecule has 1 heterocycles. The van der Waals surface area contributed by atoms with E-state index in [1.54, 1.807) is 26.2 Å². The molecule has 1 aromatic rings. The zero-order valence-electron chi connectivity index (χ0n) is 8.07. The van der Waals surface area contributed by atoms with Crippen molar-refractivity contribution in [2.45, 2.75) is 0 Å². The lowest BCUT2D eigenvalue weighted by atomic mass is 10.3. The third kappa shape index (κ3) is 2.97. The number of amides is 1. The second-order valence-corrected chi connectivity index (χ2v) is 2.95. The standard InChI is InChI=1S/C10H11FN2O/c1-13(2)10(14)7-6-8-4-3-5-9(11)12-8/h3-7H,1-2H3. The average Bonchev–Trinajstić information content (AvgIpc) is 2.14. The number of hydrogen-bond donors (Lipinski definition) is 0. The first-order chi connectivity index (χ1) is 6.59. The second-order valence-electron chi connectivity index (χ2n) is 2.95. The fourth-order valence-corrected chi connectivity index (χ4v) is 0.823. The number of likely N-dealkylation sites (N-methyl/N-ethyl adjacent to an activating group) is 1. The Balaban J connectivity index is 2.74. The Labute approximate surface area is 81.9 Å². The van der Waals surface area contributed by atoms with Crippen molar-refractivity contribution >= 4 is 12.0 Å². The maximum absolute atomic E-state index is 12.6. The van der Waals surface area contributed by atoms with Crippen molar-refractivity contribution in [3.05, 3.63) is 35.9 Å². The first kappa shape index (κ1) is 10.4. The summed E-state index contributed by atoms with van der Waals surface area (Å²) in [6.07, 6.45) is 2.83. The number of nitrogens with zero attached hydrogens (tertiary/aromatic N) is 2. The van der Waals surface area contributed by atoms with Crippen molar-refractivity contribution in [2.24, 2.45) is 0 Å². The minimum atomic E-state index is -0.551. The number of aromatic nitrogens is 1. The van der Waals surface area contributed by atoms with Gasteiger partial charge in [-0.25, -0.2) is 4.98 Å². The van der Waals surface area contributed by atoms with Gasteiger partial charge in [-0.15, -0.1) is 0 Å². The van der Waals surface area contributed by atoms with Crippen LogP contribution in [-0.4, -0.2) is 29.9 Å². The third-order valence-electron chi connectivity index (χ3n) is 1.57. The van der Waals surface area contributed by atoms with Crippen LogP contribution in [0.2, 0.25) is 0 Å².